The highest BCUT2D eigenvalue weighted by Crippen LogP contribution is 2.30. The van der Waals surface area contributed by atoms with Gasteiger partial charge in [0, 0.05) is 41.9 Å². The summed E-state index contributed by atoms with van der Waals surface area (Å²) in [5.74, 6) is 0.699. The third-order valence-electron chi connectivity index (χ3n) is 5.80. The first-order valence-electron chi connectivity index (χ1n) is 9.89. The minimum Gasteiger partial charge on any atom is -0.379 e. The van der Waals surface area contributed by atoms with Gasteiger partial charge in [0.25, 0.3) is 0 Å². The van der Waals surface area contributed by atoms with Crippen molar-refractivity contribution in [3.8, 4) is 11.4 Å². The van der Waals surface area contributed by atoms with E-state index in [1.165, 1.54) is 11.3 Å². The number of ether oxygens (including phenoxy) is 1. The van der Waals surface area contributed by atoms with Crippen LogP contribution in [-0.2, 0) is 11.3 Å². The molecule has 1 fully saturated rings. The highest BCUT2D eigenvalue weighted by Gasteiger charge is 2.20. The van der Waals surface area contributed by atoms with Gasteiger partial charge in [-0.3, -0.25) is 4.90 Å². The van der Waals surface area contributed by atoms with Gasteiger partial charge < -0.3 is 9.30 Å². The molecule has 7 nitrogen and oxygen atoms in total. The molecule has 0 unspecified atom stereocenters. The maximum absolute atomic E-state index is 5.46. The van der Waals surface area contributed by atoms with Crippen LogP contribution < -0.4 is 0 Å². The van der Waals surface area contributed by atoms with Crippen molar-refractivity contribution in [3.05, 3.63) is 46.3 Å². The Bertz CT molecular complexity index is 1190. The zero-order valence-corrected chi connectivity index (χ0v) is 18.2. The van der Waals surface area contributed by atoms with E-state index in [4.69, 9.17) is 14.7 Å². The molecule has 8 heteroatoms. The van der Waals surface area contributed by atoms with E-state index in [2.05, 4.69) is 44.3 Å². The molecule has 0 aliphatic carbocycles. The SMILES string of the molecule is Cc1c(C)n(CCN2CCOCC2)c2ncn3nc(-c4ccccc4Br)nc3c12. The molecule has 1 aliphatic rings. The Morgan fingerprint density at radius 3 is 2.66 bits per heavy atom. The Labute approximate surface area is 177 Å². The lowest BCUT2D eigenvalue weighted by atomic mass is 10.2. The largest absolute Gasteiger partial charge is 0.379 e. The summed E-state index contributed by atoms with van der Waals surface area (Å²) in [4.78, 5) is 12.1. The van der Waals surface area contributed by atoms with Crippen molar-refractivity contribution in [1.29, 1.82) is 0 Å². The highest BCUT2D eigenvalue weighted by atomic mass is 79.9. The lowest BCUT2D eigenvalue weighted by Crippen LogP contribution is -2.38. The summed E-state index contributed by atoms with van der Waals surface area (Å²) < 4.78 is 10.5. The minimum absolute atomic E-state index is 0.699. The number of hydrogen-bond donors (Lipinski definition) is 0. The normalized spacial score (nSPS) is 15.6. The summed E-state index contributed by atoms with van der Waals surface area (Å²) in [5, 5.41) is 5.76. The van der Waals surface area contributed by atoms with Crippen LogP contribution in [0.15, 0.2) is 35.1 Å². The van der Waals surface area contributed by atoms with Crippen LogP contribution in [0, 0.1) is 13.8 Å². The summed E-state index contributed by atoms with van der Waals surface area (Å²) in [6.07, 6.45) is 1.77. The van der Waals surface area contributed by atoms with E-state index >= 15 is 0 Å². The van der Waals surface area contributed by atoms with Crippen molar-refractivity contribution in [1.82, 2.24) is 29.0 Å². The maximum atomic E-state index is 5.46. The van der Waals surface area contributed by atoms with Gasteiger partial charge in [-0.2, -0.15) is 0 Å². The Hall–Kier alpha value is -2.29. The van der Waals surface area contributed by atoms with Gasteiger partial charge in [0.2, 0.25) is 0 Å². The van der Waals surface area contributed by atoms with Crippen LogP contribution >= 0.6 is 15.9 Å². The lowest BCUT2D eigenvalue weighted by molar-refractivity contribution is 0.0364. The monoisotopic (exact) mass is 454 g/mol. The predicted molar refractivity (Wildman–Crippen MR) is 116 cm³/mol. The second-order valence-electron chi connectivity index (χ2n) is 7.44. The second kappa shape index (κ2) is 7.51. The molecular weight excluding hydrogens is 432 g/mol. The summed E-state index contributed by atoms with van der Waals surface area (Å²) in [7, 11) is 0. The maximum Gasteiger partial charge on any atom is 0.183 e. The van der Waals surface area contributed by atoms with Gasteiger partial charge in [0.15, 0.2) is 11.5 Å². The molecule has 150 valence electrons. The average Bonchev–Trinajstić information content (AvgIpc) is 3.27. The lowest BCUT2D eigenvalue weighted by Gasteiger charge is -2.26. The Morgan fingerprint density at radius 2 is 1.86 bits per heavy atom. The Balaban J connectivity index is 1.57. The van der Waals surface area contributed by atoms with Crippen molar-refractivity contribution >= 4 is 32.6 Å². The number of morpholine rings is 1. The Kier molecular flexibility index (Phi) is 4.85. The van der Waals surface area contributed by atoms with Crippen molar-refractivity contribution in [2.75, 3.05) is 32.8 Å². The number of halogens is 1. The van der Waals surface area contributed by atoms with Crippen molar-refractivity contribution in [2.45, 2.75) is 20.4 Å². The molecule has 29 heavy (non-hydrogen) atoms. The molecule has 0 N–H and O–H groups in total. The first-order chi connectivity index (χ1) is 14.1. The molecule has 1 aliphatic heterocycles. The van der Waals surface area contributed by atoms with Gasteiger partial charge in [-0.1, -0.05) is 28.1 Å². The number of rotatable bonds is 4. The molecule has 0 bridgehead atoms. The quantitative estimate of drug-likeness (QED) is 0.472. The molecule has 4 aromatic rings. The average molecular weight is 455 g/mol. The third-order valence-corrected chi connectivity index (χ3v) is 6.50. The standard InChI is InChI=1S/C21H23BrN6O/c1-14-15(2)27(8-7-26-9-11-29-12-10-26)20-18(14)21-24-19(25-28(21)13-23-20)16-5-3-4-6-17(16)22/h3-6,13H,7-12H2,1-2H3. The fourth-order valence-electron chi connectivity index (χ4n) is 4.03. The fraction of sp³-hybridized carbons (Fsp3) is 0.381. The molecule has 1 saturated heterocycles. The van der Waals surface area contributed by atoms with Gasteiger partial charge in [-0.25, -0.2) is 14.5 Å². The number of benzene rings is 1. The van der Waals surface area contributed by atoms with E-state index in [-0.39, 0.29) is 0 Å². The van der Waals surface area contributed by atoms with E-state index in [1.54, 1.807) is 10.8 Å². The topological polar surface area (TPSA) is 60.5 Å². The molecule has 1 aromatic carbocycles. The zero-order chi connectivity index (χ0) is 20.0. The summed E-state index contributed by atoms with van der Waals surface area (Å²) >= 11 is 3.61. The van der Waals surface area contributed by atoms with Crippen LogP contribution in [0.1, 0.15) is 11.3 Å². The third kappa shape index (κ3) is 3.25. The molecule has 0 atom stereocenters. The molecule has 3 aromatic heterocycles. The second-order valence-corrected chi connectivity index (χ2v) is 8.30. The first-order valence-corrected chi connectivity index (χ1v) is 10.7. The summed E-state index contributed by atoms with van der Waals surface area (Å²) in [5.41, 5.74) is 5.26. The van der Waals surface area contributed by atoms with E-state index in [0.717, 1.165) is 66.1 Å². The molecule has 4 heterocycles. The van der Waals surface area contributed by atoms with Crippen LogP contribution in [0.3, 0.4) is 0 Å². The van der Waals surface area contributed by atoms with Crippen LogP contribution in [-0.4, -0.2) is 61.9 Å². The minimum atomic E-state index is 0.699. The van der Waals surface area contributed by atoms with E-state index in [0.29, 0.717) is 5.82 Å². The number of nitrogens with zero attached hydrogens (tertiary/aromatic N) is 6. The van der Waals surface area contributed by atoms with E-state index < -0.39 is 0 Å². The highest BCUT2D eigenvalue weighted by molar-refractivity contribution is 9.10. The van der Waals surface area contributed by atoms with Crippen LogP contribution in [0.2, 0.25) is 0 Å². The van der Waals surface area contributed by atoms with Crippen molar-refractivity contribution < 1.29 is 4.74 Å². The molecule has 0 saturated carbocycles. The molecule has 0 spiro atoms. The van der Waals surface area contributed by atoms with Crippen molar-refractivity contribution in [3.63, 3.8) is 0 Å². The number of aromatic nitrogens is 5. The summed E-state index contributed by atoms with van der Waals surface area (Å²) in [6, 6.07) is 8.02. The van der Waals surface area contributed by atoms with Gasteiger partial charge >= 0.3 is 0 Å². The molecular formula is C21H23BrN6O. The van der Waals surface area contributed by atoms with Crippen LogP contribution in [0.5, 0.6) is 0 Å². The van der Waals surface area contributed by atoms with Crippen molar-refractivity contribution in [2.24, 2.45) is 0 Å². The van der Waals surface area contributed by atoms with Crippen LogP contribution in [0.25, 0.3) is 28.1 Å². The smallest absolute Gasteiger partial charge is 0.183 e. The van der Waals surface area contributed by atoms with Gasteiger partial charge in [0.05, 0.1) is 18.6 Å². The fourth-order valence-corrected chi connectivity index (χ4v) is 4.49. The van der Waals surface area contributed by atoms with Crippen LogP contribution in [0.4, 0.5) is 0 Å². The zero-order valence-electron chi connectivity index (χ0n) is 16.6. The summed E-state index contributed by atoms with van der Waals surface area (Å²) in [6.45, 7) is 9.85. The number of fused-ring (bicyclic) bond motifs is 3. The molecule has 5 rings (SSSR count). The van der Waals surface area contributed by atoms with Gasteiger partial charge in [-0.15, -0.1) is 5.10 Å². The first kappa shape index (κ1) is 18.7. The van der Waals surface area contributed by atoms with Gasteiger partial charge in [-0.05, 0) is 31.5 Å². The van der Waals surface area contributed by atoms with Gasteiger partial charge in [0.1, 0.15) is 12.0 Å². The molecule has 0 radical (unpaired) electrons. The van der Waals surface area contributed by atoms with E-state index in [1.807, 2.05) is 24.3 Å². The van der Waals surface area contributed by atoms with E-state index in [9.17, 15) is 0 Å². The Morgan fingerprint density at radius 1 is 1.07 bits per heavy atom. The number of aryl methyl sites for hydroxylation is 1. The predicted octanol–water partition coefficient (Wildman–Crippen LogP) is 3.46. The molecule has 0 amide bonds. The number of hydrogen-bond acceptors (Lipinski definition) is 5.